The summed E-state index contributed by atoms with van der Waals surface area (Å²) < 4.78 is 3.33. The van der Waals surface area contributed by atoms with E-state index in [-0.39, 0.29) is 6.54 Å². The molecule has 4 rings (SSSR count). The highest BCUT2D eigenvalue weighted by atomic mass is 35.5. The van der Waals surface area contributed by atoms with E-state index in [4.69, 9.17) is 11.6 Å². The number of carbonyl (C=O) groups excluding carboxylic acids is 1. The molecule has 4 aromatic rings. The summed E-state index contributed by atoms with van der Waals surface area (Å²) in [7, 11) is 0. The molecule has 8 heteroatoms. The van der Waals surface area contributed by atoms with Crippen molar-refractivity contribution in [2.75, 3.05) is 5.32 Å². The number of nitrogens with one attached hydrogen (secondary N) is 1. The zero-order valence-electron chi connectivity index (χ0n) is 15.7. The molecule has 0 saturated carbocycles. The second-order valence-corrected chi connectivity index (χ2v) is 6.99. The van der Waals surface area contributed by atoms with Gasteiger partial charge in [-0.05, 0) is 30.2 Å². The van der Waals surface area contributed by atoms with Gasteiger partial charge in [0.05, 0.1) is 19.4 Å². The maximum Gasteiger partial charge on any atom is 0.300 e. The van der Waals surface area contributed by atoms with E-state index in [0.717, 1.165) is 23.1 Å². The zero-order valence-corrected chi connectivity index (χ0v) is 16.4. The Kier molecular flexibility index (Phi) is 5.14. The summed E-state index contributed by atoms with van der Waals surface area (Å²) >= 11 is 6.24. The van der Waals surface area contributed by atoms with Gasteiger partial charge in [-0.15, -0.1) is 0 Å². The topological polar surface area (TPSA) is 81.8 Å². The maximum atomic E-state index is 12.7. The van der Waals surface area contributed by atoms with Gasteiger partial charge in [0.2, 0.25) is 5.95 Å². The van der Waals surface area contributed by atoms with Crippen LogP contribution in [0.5, 0.6) is 0 Å². The van der Waals surface area contributed by atoms with Crippen LogP contribution in [0.15, 0.2) is 59.7 Å². The Morgan fingerprint density at radius 1 is 1.14 bits per heavy atom. The normalized spacial score (nSPS) is 11.0. The molecule has 0 amide bonds. The first-order chi connectivity index (χ1) is 14.1. The molecule has 29 heavy (non-hydrogen) atoms. The predicted molar refractivity (Wildman–Crippen MR) is 113 cm³/mol. The Morgan fingerprint density at radius 2 is 1.93 bits per heavy atom. The van der Waals surface area contributed by atoms with Gasteiger partial charge in [-0.25, -0.2) is 4.98 Å². The number of anilines is 2. The van der Waals surface area contributed by atoms with E-state index < -0.39 is 5.56 Å². The summed E-state index contributed by atoms with van der Waals surface area (Å²) in [4.78, 5) is 32.4. The molecule has 2 heterocycles. The van der Waals surface area contributed by atoms with Crippen molar-refractivity contribution < 1.29 is 4.79 Å². The van der Waals surface area contributed by atoms with Gasteiger partial charge in [0.1, 0.15) is 6.29 Å². The number of aromatic nitrogens is 4. The number of halogens is 1. The van der Waals surface area contributed by atoms with Gasteiger partial charge in [-0.2, -0.15) is 4.98 Å². The highest BCUT2D eigenvalue weighted by molar-refractivity contribution is 6.31. The van der Waals surface area contributed by atoms with Crippen LogP contribution in [0.1, 0.15) is 11.1 Å². The largest absolute Gasteiger partial charge is 0.325 e. The highest BCUT2D eigenvalue weighted by Gasteiger charge is 2.17. The first-order valence-corrected chi connectivity index (χ1v) is 9.41. The van der Waals surface area contributed by atoms with Crippen LogP contribution in [-0.4, -0.2) is 25.4 Å². The lowest BCUT2D eigenvalue weighted by molar-refractivity contribution is -0.108. The number of nitrogens with zero attached hydrogens (tertiary/aromatic N) is 4. The second-order valence-electron chi connectivity index (χ2n) is 6.59. The van der Waals surface area contributed by atoms with Crippen LogP contribution < -0.4 is 10.9 Å². The lowest BCUT2D eigenvalue weighted by Gasteiger charge is -2.16. The number of aldehydes is 1. The standard InChI is InChI=1S/C21H18ClN5O2/c1-14-16(22)8-5-9-17(14)24-21-25-20(29)18-19(23-13-26(18)10-11-28)27(21)12-15-6-3-2-4-7-15/h2-9,11,13H,10,12H2,1H3,(H,24,25,29). The van der Waals surface area contributed by atoms with E-state index >= 15 is 0 Å². The fraction of sp³-hybridized carbons (Fsp3) is 0.143. The fourth-order valence-electron chi connectivity index (χ4n) is 3.19. The van der Waals surface area contributed by atoms with Crippen molar-refractivity contribution in [3.8, 4) is 0 Å². The van der Waals surface area contributed by atoms with Crippen molar-refractivity contribution in [2.24, 2.45) is 0 Å². The van der Waals surface area contributed by atoms with E-state index in [1.807, 2.05) is 54.0 Å². The van der Waals surface area contributed by atoms with E-state index in [0.29, 0.717) is 28.7 Å². The minimum Gasteiger partial charge on any atom is -0.325 e. The Bertz CT molecular complexity index is 1250. The van der Waals surface area contributed by atoms with Crippen molar-refractivity contribution in [3.05, 3.63) is 81.4 Å². The molecule has 0 aliphatic rings. The highest BCUT2D eigenvalue weighted by Crippen LogP contribution is 2.26. The molecule has 0 aliphatic carbocycles. The van der Waals surface area contributed by atoms with Crippen LogP contribution in [0.2, 0.25) is 5.02 Å². The number of hydrogen-bond acceptors (Lipinski definition) is 5. The van der Waals surface area contributed by atoms with E-state index in [1.54, 1.807) is 6.07 Å². The summed E-state index contributed by atoms with van der Waals surface area (Å²) in [5, 5.41) is 3.84. The van der Waals surface area contributed by atoms with Crippen molar-refractivity contribution in [3.63, 3.8) is 0 Å². The maximum absolute atomic E-state index is 12.7. The Labute approximate surface area is 171 Å². The second kappa shape index (κ2) is 7.89. The molecular formula is C21H18ClN5O2. The summed E-state index contributed by atoms with van der Waals surface area (Å²) in [5.74, 6) is 0.355. The number of hydrogen-bond donors (Lipinski definition) is 1. The number of imidazole rings is 1. The third-order valence-electron chi connectivity index (χ3n) is 4.71. The molecule has 2 aromatic heterocycles. The molecule has 1 N–H and O–H groups in total. The van der Waals surface area contributed by atoms with Crippen LogP contribution in [0.25, 0.3) is 11.2 Å². The minimum absolute atomic E-state index is 0.0406. The Balaban J connectivity index is 1.90. The number of fused-ring (bicyclic) bond motifs is 1. The van der Waals surface area contributed by atoms with Gasteiger partial charge in [-0.3, -0.25) is 9.36 Å². The van der Waals surface area contributed by atoms with Crippen LogP contribution >= 0.6 is 11.6 Å². The van der Waals surface area contributed by atoms with Gasteiger partial charge in [0.15, 0.2) is 11.2 Å². The van der Waals surface area contributed by atoms with Gasteiger partial charge < -0.3 is 14.7 Å². The van der Waals surface area contributed by atoms with Crippen LogP contribution in [-0.2, 0) is 17.9 Å². The summed E-state index contributed by atoms with van der Waals surface area (Å²) in [6, 6.07) is 15.3. The van der Waals surface area contributed by atoms with Crippen molar-refractivity contribution in [2.45, 2.75) is 20.0 Å². The molecule has 0 bridgehead atoms. The molecule has 0 spiro atoms. The van der Waals surface area contributed by atoms with Gasteiger partial charge in [-0.1, -0.05) is 48.0 Å². The summed E-state index contributed by atoms with van der Waals surface area (Å²) in [6.07, 6.45) is 2.21. The average Bonchev–Trinajstić information content (AvgIpc) is 3.14. The monoisotopic (exact) mass is 407 g/mol. The van der Waals surface area contributed by atoms with E-state index in [9.17, 15) is 9.59 Å². The molecule has 0 atom stereocenters. The smallest absolute Gasteiger partial charge is 0.300 e. The van der Waals surface area contributed by atoms with Crippen LogP contribution in [0, 0.1) is 6.92 Å². The number of rotatable bonds is 6. The molecule has 0 unspecified atom stereocenters. The molecule has 0 fully saturated rings. The molecule has 146 valence electrons. The Morgan fingerprint density at radius 3 is 2.69 bits per heavy atom. The minimum atomic E-state index is -0.453. The molecule has 0 aliphatic heterocycles. The van der Waals surface area contributed by atoms with Crippen LogP contribution in [0.4, 0.5) is 11.6 Å². The lowest BCUT2D eigenvalue weighted by Crippen LogP contribution is -2.20. The van der Waals surface area contributed by atoms with Crippen molar-refractivity contribution in [1.82, 2.24) is 19.1 Å². The van der Waals surface area contributed by atoms with E-state index in [2.05, 4.69) is 15.3 Å². The fourth-order valence-corrected chi connectivity index (χ4v) is 3.37. The third-order valence-corrected chi connectivity index (χ3v) is 5.12. The molecule has 2 aromatic carbocycles. The van der Waals surface area contributed by atoms with Gasteiger partial charge in [0.25, 0.3) is 0 Å². The third kappa shape index (κ3) is 3.64. The molecule has 0 saturated heterocycles. The summed E-state index contributed by atoms with van der Waals surface area (Å²) in [5.41, 5.74) is 2.92. The predicted octanol–water partition coefficient (Wildman–Crippen LogP) is 3.55. The molecule has 0 radical (unpaired) electrons. The summed E-state index contributed by atoms with van der Waals surface area (Å²) in [6.45, 7) is 2.38. The van der Waals surface area contributed by atoms with Gasteiger partial charge in [0, 0.05) is 10.7 Å². The lowest BCUT2D eigenvalue weighted by atomic mass is 10.2. The Hall–Kier alpha value is -3.45. The van der Waals surface area contributed by atoms with Crippen LogP contribution in [0.3, 0.4) is 0 Å². The number of carbonyl (C=O) groups is 1. The SMILES string of the molecule is Cc1c(Cl)cccc1Nc1nc(=O)c2c(ncn2CC=O)n1Cc1ccccc1. The zero-order chi connectivity index (χ0) is 20.4. The first-order valence-electron chi connectivity index (χ1n) is 9.04. The average molecular weight is 408 g/mol. The van der Waals surface area contributed by atoms with Crippen molar-refractivity contribution >= 4 is 40.7 Å². The van der Waals surface area contributed by atoms with E-state index in [1.165, 1.54) is 10.9 Å². The first kappa shape index (κ1) is 18.9. The number of benzene rings is 2. The van der Waals surface area contributed by atoms with Crippen molar-refractivity contribution in [1.29, 1.82) is 0 Å². The molecule has 7 nitrogen and oxygen atoms in total. The quantitative estimate of drug-likeness (QED) is 0.494. The van der Waals surface area contributed by atoms with Gasteiger partial charge >= 0.3 is 5.56 Å². The molecular weight excluding hydrogens is 390 g/mol.